The first-order valence-electron chi connectivity index (χ1n) is 7.30. The van der Waals surface area contributed by atoms with Crippen LogP contribution in [0, 0.1) is 0 Å². The number of ether oxygens (including phenoxy) is 4. The van der Waals surface area contributed by atoms with Crippen molar-refractivity contribution in [3.8, 4) is 28.7 Å². The molecule has 0 atom stereocenters. The number of thiophene rings is 1. The lowest BCUT2D eigenvalue weighted by atomic mass is 10.2. The summed E-state index contributed by atoms with van der Waals surface area (Å²) in [5.74, 6) is 3.31. The third-order valence-corrected chi connectivity index (χ3v) is 4.76. The van der Waals surface area contributed by atoms with Gasteiger partial charge in [-0.3, -0.25) is 0 Å². The van der Waals surface area contributed by atoms with Gasteiger partial charge in [-0.2, -0.15) is 0 Å². The molecule has 0 radical (unpaired) electrons. The molecule has 0 spiro atoms. The molecule has 0 saturated heterocycles. The summed E-state index contributed by atoms with van der Waals surface area (Å²) in [6.07, 6.45) is 0. The maximum atomic E-state index is 9.68. The van der Waals surface area contributed by atoms with Crippen molar-refractivity contribution >= 4 is 21.4 Å². The van der Waals surface area contributed by atoms with Gasteiger partial charge in [-0.15, -0.1) is 11.3 Å². The Morgan fingerprint density at radius 3 is 2.08 bits per heavy atom. The summed E-state index contributed by atoms with van der Waals surface area (Å²) in [6.45, 7) is -0.102. The van der Waals surface area contributed by atoms with Crippen molar-refractivity contribution in [3.63, 3.8) is 0 Å². The number of aliphatic hydroxyl groups is 1. The van der Waals surface area contributed by atoms with Crippen molar-refractivity contribution in [1.29, 1.82) is 0 Å². The van der Waals surface area contributed by atoms with E-state index in [0.717, 1.165) is 20.7 Å². The fraction of sp³-hybridized carbons (Fsp3) is 0.222. The molecule has 3 rings (SSSR count). The molecule has 5 nitrogen and oxygen atoms in total. The molecule has 126 valence electrons. The summed E-state index contributed by atoms with van der Waals surface area (Å²) in [7, 11) is 4.80. The van der Waals surface area contributed by atoms with Gasteiger partial charge in [0.15, 0.2) is 17.2 Å². The molecule has 1 N–H and O–H groups in total. The van der Waals surface area contributed by atoms with Crippen LogP contribution in [0.3, 0.4) is 0 Å². The fourth-order valence-electron chi connectivity index (χ4n) is 2.43. The van der Waals surface area contributed by atoms with E-state index in [0.29, 0.717) is 23.0 Å². The van der Waals surface area contributed by atoms with Gasteiger partial charge in [0, 0.05) is 16.2 Å². The van der Waals surface area contributed by atoms with Gasteiger partial charge in [0.25, 0.3) is 0 Å². The van der Waals surface area contributed by atoms with Crippen molar-refractivity contribution in [1.82, 2.24) is 0 Å². The van der Waals surface area contributed by atoms with Crippen molar-refractivity contribution < 1.29 is 24.1 Å². The Morgan fingerprint density at radius 2 is 1.50 bits per heavy atom. The topological polar surface area (TPSA) is 57.2 Å². The highest BCUT2D eigenvalue weighted by Crippen LogP contribution is 2.45. The van der Waals surface area contributed by atoms with E-state index in [2.05, 4.69) is 0 Å². The van der Waals surface area contributed by atoms with Gasteiger partial charge in [-0.1, -0.05) is 0 Å². The number of benzene rings is 2. The van der Waals surface area contributed by atoms with Crippen LogP contribution in [0.1, 0.15) is 4.88 Å². The summed E-state index contributed by atoms with van der Waals surface area (Å²) >= 11 is 1.46. The van der Waals surface area contributed by atoms with Gasteiger partial charge in [0.2, 0.25) is 0 Å². The number of aliphatic hydroxyl groups excluding tert-OH is 1. The van der Waals surface area contributed by atoms with Crippen molar-refractivity contribution in [2.45, 2.75) is 6.61 Å². The predicted molar refractivity (Wildman–Crippen MR) is 93.9 cm³/mol. The first-order chi connectivity index (χ1) is 11.7. The van der Waals surface area contributed by atoms with E-state index in [9.17, 15) is 5.11 Å². The van der Waals surface area contributed by atoms with E-state index in [4.69, 9.17) is 18.9 Å². The zero-order valence-electron chi connectivity index (χ0n) is 13.7. The second-order valence-electron chi connectivity index (χ2n) is 4.99. The molecule has 3 aromatic rings. The molecule has 0 bridgehead atoms. The van der Waals surface area contributed by atoms with Gasteiger partial charge >= 0.3 is 0 Å². The number of methoxy groups -OCH3 is 3. The minimum Gasteiger partial charge on any atom is -0.497 e. The summed E-state index contributed by atoms with van der Waals surface area (Å²) in [5, 5.41) is 10.6. The van der Waals surface area contributed by atoms with E-state index in [1.165, 1.54) is 11.3 Å². The molecular formula is C18H18O5S. The Hall–Kier alpha value is -2.44. The zero-order valence-corrected chi connectivity index (χ0v) is 14.5. The molecule has 0 amide bonds. The molecule has 2 aromatic carbocycles. The second kappa shape index (κ2) is 6.98. The zero-order chi connectivity index (χ0) is 17.1. The average Bonchev–Trinajstić information content (AvgIpc) is 2.97. The van der Waals surface area contributed by atoms with Crippen LogP contribution in [-0.2, 0) is 6.61 Å². The molecule has 0 aliphatic carbocycles. The van der Waals surface area contributed by atoms with Gasteiger partial charge in [-0.05, 0) is 30.3 Å². The summed E-state index contributed by atoms with van der Waals surface area (Å²) in [5.41, 5.74) is 0. The normalized spacial score (nSPS) is 10.7. The van der Waals surface area contributed by atoms with Crippen LogP contribution in [0.2, 0.25) is 0 Å². The predicted octanol–water partition coefficient (Wildman–Crippen LogP) is 4.21. The lowest BCUT2D eigenvalue weighted by Crippen LogP contribution is -1.91. The summed E-state index contributed by atoms with van der Waals surface area (Å²) in [4.78, 5) is 0.746. The van der Waals surface area contributed by atoms with Gasteiger partial charge in [0.1, 0.15) is 11.5 Å². The van der Waals surface area contributed by atoms with Crippen LogP contribution in [0.25, 0.3) is 10.1 Å². The van der Waals surface area contributed by atoms with E-state index in [1.807, 2.05) is 36.4 Å². The Balaban J connectivity index is 2.07. The largest absolute Gasteiger partial charge is 0.497 e. The quantitative estimate of drug-likeness (QED) is 0.724. The Bertz CT molecular complexity index is 839. The number of hydrogen-bond acceptors (Lipinski definition) is 6. The van der Waals surface area contributed by atoms with Crippen LogP contribution in [-0.4, -0.2) is 26.4 Å². The fourth-order valence-corrected chi connectivity index (χ4v) is 3.43. The highest BCUT2D eigenvalue weighted by molar-refractivity contribution is 7.19. The molecule has 0 aliphatic rings. The lowest BCUT2D eigenvalue weighted by molar-refractivity contribution is 0.281. The summed E-state index contributed by atoms with van der Waals surface area (Å²) < 4.78 is 22.8. The van der Waals surface area contributed by atoms with Gasteiger partial charge in [0.05, 0.1) is 32.8 Å². The maximum absolute atomic E-state index is 9.68. The van der Waals surface area contributed by atoms with E-state index < -0.39 is 0 Å². The first-order valence-corrected chi connectivity index (χ1v) is 8.12. The molecular weight excluding hydrogens is 328 g/mol. The monoisotopic (exact) mass is 346 g/mol. The Morgan fingerprint density at radius 1 is 0.875 bits per heavy atom. The molecule has 6 heteroatoms. The molecule has 1 aromatic heterocycles. The van der Waals surface area contributed by atoms with Crippen LogP contribution in [0.15, 0.2) is 36.4 Å². The molecule has 24 heavy (non-hydrogen) atoms. The SMILES string of the molecule is COc1ccc(Oc2c(CO)sc3cc(OC)c(OC)cc23)cc1. The number of fused-ring (bicyclic) bond motifs is 1. The van der Waals surface area contributed by atoms with Crippen LogP contribution >= 0.6 is 11.3 Å². The Labute approximate surface area is 144 Å². The molecule has 0 aliphatic heterocycles. The number of rotatable bonds is 6. The van der Waals surface area contributed by atoms with E-state index >= 15 is 0 Å². The molecule has 1 heterocycles. The summed E-state index contributed by atoms with van der Waals surface area (Å²) in [6, 6.07) is 11.0. The van der Waals surface area contributed by atoms with Crippen molar-refractivity contribution in [3.05, 3.63) is 41.3 Å². The minimum absolute atomic E-state index is 0.102. The van der Waals surface area contributed by atoms with E-state index in [-0.39, 0.29) is 6.61 Å². The molecule has 0 unspecified atom stereocenters. The minimum atomic E-state index is -0.102. The van der Waals surface area contributed by atoms with Gasteiger partial charge < -0.3 is 24.1 Å². The van der Waals surface area contributed by atoms with E-state index in [1.54, 1.807) is 21.3 Å². The Kier molecular flexibility index (Phi) is 4.78. The highest BCUT2D eigenvalue weighted by Gasteiger charge is 2.17. The van der Waals surface area contributed by atoms with Crippen molar-refractivity contribution in [2.75, 3.05) is 21.3 Å². The highest BCUT2D eigenvalue weighted by atomic mass is 32.1. The smallest absolute Gasteiger partial charge is 0.162 e. The van der Waals surface area contributed by atoms with Crippen LogP contribution < -0.4 is 18.9 Å². The van der Waals surface area contributed by atoms with Gasteiger partial charge in [-0.25, -0.2) is 0 Å². The third kappa shape index (κ3) is 2.98. The van der Waals surface area contributed by atoms with Crippen LogP contribution in [0.5, 0.6) is 28.7 Å². The van der Waals surface area contributed by atoms with Crippen molar-refractivity contribution in [2.24, 2.45) is 0 Å². The second-order valence-corrected chi connectivity index (χ2v) is 6.13. The number of hydrogen-bond donors (Lipinski definition) is 1. The molecule has 0 saturated carbocycles. The molecule has 0 fully saturated rings. The third-order valence-electron chi connectivity index (χ3n) is 3.64. The van der Waals surface area contributed by atoms with Crippen LogP contribution in [0.4, 0.5) is 0 Å². The lowest BCUT2D eigenvalue weighted by Gasteiger charge is -2.10. The average molecular weight is 346 g/mol. The first kappa shape index (κ1) is 16.4. The standard InChI is InChI=1S/C18H18O5S/c1-20-11-4-6-12(7-5-11)23-18-13-8-14(21-2)15(22-3)9-16(13)24-17(18)10-19/h4-9,19H,10H2,1-3H3. The maximum Gasteiger partial charge on any atom is 0.162 e.